The molecule has 0 bridgehead atoms. The van der Waals surface area contributed by atoms with E-state index in [0.717, 1.165) is 11.4 Å². The minimum atomic E-state index is -0.0521. The Morgan fingerprint density at radius 3 is 2.55 bits per heavy atom. The summed E-state index contributed by atoms with van der Waals surface area (Å²) < 4.78 is 0. The largest absolute Gasteiger partial charge is 0.361 e. The first-order valence-electron chi connectivity index (χ1n) is 3.77. The first-order chi connectivity index (χ1) is 5.15. The summed E-state index contributed by atoms with van der Waals surface area (Å²) in [6, 6.07) is 2.02. The zero-order chi connectivity index (χ0) is 8.43. The van der Waals surface area contributed by atoms with Gasteiger partial charge in [-0.3, -0.25) is 0 Å². The molecule has 5 N–H and O–H groups in total. The van der Waals surface area contributed by atoms with E-state index >= 15 is 0 Å². The highest BCUT2D eigenvalue weighted by atomic mass is 14.8. The Bertz CT molecular complexity index is 239. The van der Waals surface area contributed by atoms with Crippen LogP contribution in [0.2, 0.25) is 0 Å². The number of aromatic nitrogens is 1. The van der Waals surface area contributed by atoms with Gasteiger partial charge in [-0.05, 0) is 25.5 Å². The molecule has 0 aromatic carbocycles. The van der Waals surface area contributed by atoms with Crippen molar-refractivity contribution in [3.8, 4) is 0 Å². The van der Waals surface area contributed by atoms with Gasteiger partial charge in [-0.15, -0.1) is 0 Å². The molecule has 1 rings (SSSR count). The van der Waals surface area contributed by atoms with Crippen LogP contribution < -0.4 is 11.5 Å². The molecule has 0 saturated heterocycles. The monoisotopic (exact) mass is 153 g/mol. The summed E-state index contributed by atoms with van der Waals surface area (Å²) in [7, 11) is 0. The molecule has 0 spiro atoms. The van der Waals surface area contributed by atoms with Gasteiger partial charge in [0.2, 0.25) is 0 Å². The van der Waals surface area contributed by atoms with E-state index in [0.29, 0.717) is 6.54 Å². The molecule has 62 valence electrons. The number of hydrogen-bond acceptors (Lipinski definition) is 2. The summed E-state index contributed by atoms with van der Waals surface area (Å²) in [5, 5.41) is 0. The minimum Gasteiger partial charge on any atom is -0.361 e. The molecule has 0 aliphatic rings. The Hall–Kier alpha value is -0.800. The SMILES string of the molecule is Cc1cc(C)c(C(N)CN)[nH]1. The van der Waals surface area contributed by atoms with E-state index in [1.165, 1.54) is 5.56 Å². The molecule has 3 nitrogen and oxygen atoms in total. The molecule has 1 aromatic heterocycles. The molecule has 1 heterocycles. The van der Waals surface area contributed by atoms with Gasteiger partial charge in [-0.1, -0.05) is 0 Å². The third kappa shape index (κ3) is 1.61. The highest BCUT2D eigenvalue weighted by molar-refractivity contribution is 5.26. The summed E-state index contributed by atoms with van der Waals surface area (Å²) >= 11 is 0. The van der Waals surface area contributed by atoms with Crippen LogP contribution >= 0.6 is 0 Å². The molecule has 0 saturated carbocycles. The van der Waals surface area contributed by atoms with Crippen molar-refractivity contribution >= 4 is 0 Å². The maximum absolute atomic E-state index is 5.75. The average Bonchev–Trinajstić information content (AvgIpc) is 2.28. The predicted molar refractivity (Wildman–Crippen MR) is 46.2 cm³/mol. The van der Waals surface area contributed by atoms with E-state index < -0.39 is 0 Å². The van der Waals surface area contributed by atoms with Gasteiger partial charge in [0.1, 0.15) is 0 Å². The Morgan fingerprint density at radius 1 is 1.55 bits per heavy atom. The summed E-state index contributed by atoms with van der Waals surface area (Å²) in [4.78, 5) is 3.19. The average molecular weight is 153 g/mol. The second-order valence-electron chi connectivity index (χ2n) is 2.89. The van der Waals surface area contributed by atoms with Crippen molar-refractivity contribution in [3.05, 3.63) is 23.0 Å². The van der Waals surface area contributed by atoms with Crippen molar-refractivity contribution in [2.75, 3.05) is 6.54 Å². The number of nitrogens with one attached hydrogen (secondary N) is 1. The van der Waals surface area contributed by atoms with Gasteiger partial charge in [0.05, 0.1) is 6.04 Å². The highest BCUT2D eigenvalue weighted by Crippen LogP contribution is 2.14. The predicted octanol–water partition coefficient (Wildman–Crippen LogP) is 0.590. The smallest absolute Gasteiger partial charge is 0.0574 e. The van der Waals surface area contributed by atoms with Crippen LogP contribution in [0, 0.1) is 13.8 Å². The number of aryl methyl sites for hydroxylation is 2. The fourth-order valence-corrected chi connectivity index (χ4v) is 1.25. The van der Waals surface area contributed by atoms with Crippen LogP contribution in [0.25, 0.3) is 0 Å². The third-order valence-electron chi connectivity index (χ3n) is 1.81. The van der Waals surface area contributed by atoms with Crippen molar-refractivity contribution in [3.63, 3.8) is 0 Å². The summed E-state index contributed by atoms with van der Waals surface area (Å²) in [5.74, 6) is 0. The maximum Gasteiger partial charge on any atom is 0.0574 e. The van der Waals surface area contributed by atoms with Crippen LogP contribution in [0.4, 0.5) is 0 Å². The molecule has 1 aromatic rings. The number of nitrogens with two attached hydrogens (primary N) is 2. The van der Waals surface area contributed by atoms with Crippen molar-refractivity contribution in [2.45, 2.75) is 19.9 Å². The number of H-pyrrole nitrogens is 1. The Morgan fingerprint density at radius 2 is 2.18 bits per heavy atom. The normalized spacial score (nSPS) is 13.5. The zero-order valence-corrected chi connectivity index (χ0v) is 7.02. The lowest BCUT2D eigenvalue weighted by Crippen LogP contribution is -2.21. The van der Waals surface area contributed by atoms with Gasteiger partial charge >= 0.3 is 0 Å². The Labute approximate surface area is 66.8 Å². The minimum absolute atomic E-state index is 0.0521. The molecule has 0 radical (unpaired) electrons. The standard InChI is InChI=1S/C8H15N3/c1-5-3-6(2)11-8(5)7(10)4-9/h3,7,11H,4,9-10H2,1-2H3. The van der Waals surface area contributed by atoms with E-state index in [2.05, 4.69) is 11.1 Å². The van der Waals surface area contributed by atoms with E-state index in [1.807, 2.05) is 13.8 Å². The van der Waals surface area contributed by atoms with Crippen molar-refractivity contribution in [2.24, 2.45) is 11.5 Å². The summed E-state index contributed by atoms with van der Waals surface area (Å²) in [6.07, 6.45) is 0. The summed E-state index contributed by atoms with van der Waals surface area (Å²) in [6.45, 7) is 4.54. The molecular weight excluding hydrogens is 138 g/mol. The van der Waals surface area contributed by atoms with Crippen LogP contribution in [-0.4, -0.2) is 11.5 Å². The fourth-order valence-electron chi connectivity index (χ4n) is 1.25. The van der Waals surface area contributed by atoms with Crippen LogP contribution in [0.15, 0.2) is 6.07 Å². The molecule has 1 atom stereocenters. The molecule has 0 aliphatic carbocycles. The lowest BCUT2D eigenvalue weighted by molar-refractivity contribution is 0.710. The fraction of sp³-hybridized carbons (Fsp3) is 0.500. The highest BCUT2D eigenvalue weighted by Gasteiger charge is 2.08. The maximum atomic E-state index is 5.75. The molecule has 3 heteroatoms. The van der Waals surface area contributed by atoms with Crippen LogP contribution in [-0.2, 0) is 0 Å². The van der Waals surface area contributed by atoms with Gasteiger partial charge in [-0.25, -0.2) is 0 Å². The topological polar surface area (TPSA) is 67.8 Å². The van der Waals surface area contributed by atoms with Gasteiger partial charge in [0, 0.05) is 17.9 Å². The molecule has 11 heavy (non-hydrogen) atoms. The van der Waals surface area contributed by atoms with Gasteiger partial charge in [-0.2, -0.15) is 0 Å². The lowest BCUT2D eigenvalue weighted by atomic mass is 10.1. The van der Waals surface area contributed by atoms with Crippen LogP contribution in [0.1, 0.15) is 23.0 Å². The first kappa shape index (κ1) is 8.30. The van der Waals surface area contributed by atoms with E-state index in [1.54, 1.807) is 0 Å². The molecular formula is C8H15N3. The van der Waals surface area contributed by atoms with Crippen LogP contribution in [0.3, 0.4) is 0 Å². The van der Waals surface area contributed by atoms with Crippen molar-refractivity contribution in [1.29, 1.82) is 0 Å². The number of aromatic amines is 1. The second-order valence-corrected chi connectivity index (χ2v) is 2.89. The quantitative estimate of drug-likeness (QED) is 0.582. The van der Waals surface area contributed by atoms with Gasteiger partial charge in [0.15, 0.2) is 0 Å². The van der Waals surface area contributed by atoms with Gasteiger partial charge in [0.25, 0.3) is 0 Å². The molecule has 1 unspecified atom stereocenters. The van der Waals surface area contributed by atoms with E-state index in [-0.39, 0.29) is 6.04 Å². The Kier molecular flexibility index (Phi) is 2.31. The Balaban J connectivity index is 2.93. The molecule has 0 amide bonds. The molecule has 0 aliphatic heterocycles. The van der Waals surface area contributed by atoms with Crippen molar-refractivity contribution in [1.82, 2.24) is 4.98 Å². The third-order valence-corrected chi connectivity index (χ3v) is 1.81. The number of rotatable bonds is 2. The lowest BCUT2D eigenvalue weighted by Gasteiger charge is -2.07. The number of hydrogen-bond donors (Lipinski definition) is 3. The van der Waals surface area contributed by atoms with Crippen LogP contribution in [0.5, 0.6) is 0 Å². The first-order valence-corrected chi connectivity index (χ1v) is 3.77. The van der Waals surface area contributed by atoms with Gasteiger partial charge < -0.3 is 16.5 Å². The second kappa shape index (κ2) is 3.07. The summed E-state index contributed by atoms with van der Waals surface area (Å²) in [5.41, 5.74) is 14.6. The van der Waals surface area contributed by atoms with E-state index in [4.69, 9.17) is 11.5 Å². The molecule has 0 fully saturated rings. The van der Waals surface area contributed by atoms with Crippen molar-refractivity contribution < 1.29 is 0 Å². The van der Waals surface area contributed by atoms with E-state index in [9.17, 15) is 0 Å². The zero-order valence-electron chi connectivity index (χ0n) is 7.02.